The highest BCUT2D eigenvalue weighted by Crippen LogP contribution is 2.19. The number of nitrogens with one attached hydrogen (secondary N) is 2. The predicted molar refractivity (Wildman–Crippen MR) is 184 cm³/mol. The highest BCUT2D eigenvalue weighted by molar-refractivity contribution is 7.89. The van der Waals surface area contributed by atoms with Gasteiger partial charge >= 0.3 is 0 Å². The number of hydrogen-bond acceptors (Lipinski definition) is 8. The Kier molecular flexibility index (Phi) is 15.0. The maximum atomic E-state index is 13.8. The van der Waals surface area contributed by atoms with Gasteiger partial charge in [0.05, 0.1) is 36.2 Å². The van der Waals surface area contributed by atoms with Crippen molar-refractivity contribution in [3.8, 4) is 0 Å². The Labute approximate surface area is 286 Å². The topological polar surface area (TPSA) is 151 Å². The molecule has 2 aromatic carbocycles. The van der Waals surface area contributed by atoms with E-state index >= 15 is 0 Å². The number of benzene rings is 2. The molecule has 12 nitrogen and oxygen atoms in total. The molecule has 0 radical (unpaired) electrons. The number of ether oxygens (including phenoxy) is 2. The maximum Gasteiger partial charge on any atom is 0.241 e. The normalized spacial score (nSPS) is 18.2. The fraction of sp³-hybridized carbons (Fsp3) is 0.588. The third-order valence-corrected chi connectivity index (χ3v) is 11.7. The summed E-state index contributed by atoms with van der Waals surface area (Å²) in [6.07, 6.45) is 1.16. The van der Waals surface area contributed by atoms with E-state index in [1.54, 1.807) is 34.1 Å². The molecule has 0 aromatic heterocycles. The molecule has 0 aliphatic carbocycles. The van der Waals surface area contributed by atoms with Gasteiger partial charge in [-0.3, -0.25) is 9.59 Å². The smallest absolute Gasteiger partial charge is 0.241 e. The van der Waals surface area contributed by atoms with E-state index in [0.717, 1.165) is 11.1 Å². The Morgan fingerprint density at radius 1 is 0.625 bits per heavy atom. The molecule has 48 heavy (non-hydrogen) atoms. The molecule has 2 aromatic rings. The summed E-state index contributed by atoms with van der Waals surface area (Å²) < 4.78 is 69.9. The number of amides is 2. The van der Waals surface area contributed by atoms with Crippen molar-refractivity contribution >= 4 is 31.9 Å². The van der Waals surface area contributed by atoms with E-state index in [4.69, 9.17) is 9.47 Å². The second-order valence-corrected chi connectivity index (χ2v) is 15.9. The molecule has 2 N–H and O–H groups in total. The monoisotopic (exact) mass is 708 g/mol. The summed E-state index contributed by atoms with van der Waals surface area (Å²) in [7, 11) is -7.91. The minimum atomic E-state index is -3.95. The Bertz CT molecular complexity index is 1420. The molecule has 1 aliphatic heterocycles. The Morgan fingerprint density at radius 3 is 1.19 bits per heavy atom. The van der Waals surface area contributed by atoms with E-state index in [1.165, 1.54) is 24.3 Å². The first-order chi connectivity index (χ1) is 22.7. The van der Waals surface area contributed by atoms with Crippen LogP contribution < -0.4 is 9.44 Å². The highest BCUT2D eigenvalue weighted by atomic mass is 32.2. The number of carbonyl (C=O) groups excluding carboxylic acids is 2. The average molecular weight is 709 g/mol. The number of nitrogens with zero attached hydrogens (tertiary/aromatic N) is 2. The van der Waals surface area contributed by atoms with Crippen molar-refractivity contribution in [1.82, 2.24) is 19.2 Å². The van der Waals surface area contributed by atoms with Crippen molar-refractivity contribution < 1.29 is 35.9 Å². The van der Waals surface area contributed by atoms with Gasteiger partial charge in [-0.1, -0.05) is 75.9 Å². The maximum absolute atomic E-state index is 13.8. The third kappa shape index (κ3) is 11.1. The molecule has 1 saturated heterocycles. The number of sulfonamides is 2. The molecule has 4 atom stereocenters. The van der Waals surface area contributed by atoms with Gasteiger partial charge in [-0.25, -0.2) is 16.8 Å². The van der Waals surface area contributed by atoms with Crippen LogP contribution in [0.5, 0.6) is 0 Å². The minimum Gasteiger partial charge on any atom is -0.378 e. The van der Waals surface area contributed by atoms with Crippen LogP contribution in [0.3, 0.4) is 0 Å². The van der Waals surface area contributed by atoms with Crippen LogP contribution in [0.25, 0.3) is 0 Å². The SMILES string of the molecule is CC[C@H](C)[C@@H](NS(=O)(=O)c1ccc(C)cc1)C(=O)N1CCOCCN(C(=O)[C@H](NS(=O)(=O)c2ccc(C)cc2)[C@@H](C)CC)CCOCC1. The van der Waals surface area contributed by atoms with E-state index in [-0.39, 0.29) is 86.0 Å². The average Bonchev–Trinajstić information content (AvgIpc) is 3.05. The molecule has 1 fully saturated rings. The van der Waals surface area contributed by atoms with Gasteiger partial charge in [0.25, 0.3) is 0 Å². The Hall–Kier alpha value is -2.88. The summed E-state index contributed by atoms with van der Waals surface area (Å²) >= 11 is 0. The van der Waals surface area contributed by atoms with Crippen molar-refractivity contribution in [2.45, 2.75) is 76.3 Å². The molecule has 268 valence electrons. The zero-order valence-corrected chi connectivity index (χ0v) is 30.6. The zero-order chi connectivity index (χ0) is 35.5. The first-order valence-electron chi connectivity index (χ1n) is 16.6. The van der Waals surface area contributed by atoms with E-state index in [2.05, 4.69) is 9.44 Å². The fourth-order valence-corrected chi connectivity index (χ4v) is 7.75. The van der Waals surface area contributed by atoms with E-state index in [9.17, 15) is 26.4 Å². The number of carbonyl (C=O) groups is 2. The predicted octanol–water partition coefficient (Wildman–Crippen LogP) is 3.09. The van der Waals surface area contributed by atoms with Gasteiger partial charge in [0.2, 0.25) is 31.9 Å². The standard InChI is InChI=1S/C34H52N4O8S2/c1-7-27(5)31(35-47(41,42)29-13-9-25(3)10-14-29)33(39)37-17-21-45-23-19-38(20-24-46-22-18-37)34(40)32(28(6)8-2)36-48(43,44)30-15-11-26(4)12-16-30/h9-16,27-28,31-32,35-36H,7-8,17-24H2,1-6H3/t27-,28-,31+,32+/m0/s1. The lowest BCUT2D eigenvalue weighted by molar-refractivity contribution is -0.137. The second kappa shape index (κ2) is 18.2. The first kappa shape index (κ1) is 39.6. The molecule has 2 amide bonds. The second-order valence-electron chi connectivity index (χ2n) is 12.5. The van der Waals surface area contributed by atoms with E-state index in [1.807, 2.05) is 41.5 Å². The van der Waals surface area contributed by atoms with Crippen LogP contribution in [0.15, 0.2) is 58.3 Å². The Balaban J connectivity index is 1.68. The summed E-state index contributed by atoms with van der Waals surface area (Å²) in [6, 6.07) is 11.0. The molecule has 1 aliphatic rings. The number of rotatable bonds is 12. The van der Waals surface area contributed by atoms with Gasteiger partial charge in [0, 0.05) is 26.2 Å². The van der Waals surface area contributed by atoms with Gasteiger partial charge < -0.3 is 19.3 Å². The van der Waals surface area contributed by atoms with Crippen LogP contribution in [-0.2, 0) is 39.1 Å². The largest absolute Gasteiger partial charge is 0.378 e. The van der Waals surface area contributed by atoms with Gasteiger partial charge in [0.1, 0.15) is 12.1 Å². The van der Waals surface area contributed by atoms with Crippen molar-refractivity contribution in [1.29, 1.82) is 0 Å². The summed E-state index contributed by atoms with van der Waals surface area (Å²) in [5.74, 6) is -1.28. The summed E-state index contributed by atoms with van der Waals surface area (Å²) in [6.45, 7) is 12.6. The molecule has 0 spiro atoms. The van der Waals surface area contributed by atoms with Crippen LogP contribution in [0.2, 0.25) is 0 Å². The third-order valence-electron chi connectivity index (χ3n) is 8.83. The van der Waals surface area contributed by atoms with Crippen LogP contribution in [0.4, 0.5) is 0 Å². The van der Waals surface area contributed by atoms with E-state index in [0.29, 0.717) is 12.8 Å². The number of aryl methyl sites for hydroxylation is 2. The van der Waals surface area contributed by atoms with Crippen molar-refractivity contribution in [2.75, 3.05) is 52.6 Å². The van der Waals surface area contributed by atoms with Crippen molar-refractivity contribution in [3.05, 3.63) is 59.7 Å². The molecule has 0 unspecified atom stereocenters. The van der Waals surface area contributed by atoms with E-state index < -0.39 is 32.1 Å². The molecule has 1 heterocycles. The van der Waals surface area contributed by atoms with Crippen LogP contribution in [0, 0.1) is 25.7 Å². The number of hydrogen-bond donors (Lipinski definition) is 2. The lowest BCUT2D eigenvalue weighted by atomic mass is 9.99. The lowest BCUT2D eigenvalue weighted by Gasteiger charge is -2.32. The quantitative estimate of drug-likeness (QED) is 0.342. The molecular weight excluding hydrogens is 657 g/mol. The molecule has 14 heteroatoms. The summed E-state index contributed by atoms with van der Waals surface area (Å²) in [5, 5.41) is 0. The van der Waals surface area contributed by atoms with Gasteiger partial charge in [-0.2, -0.15) is 9.44 Å². The van der Waals surface area contributed by atoms with Crippen LogP contribution in [-0.4, -0.2) is 103 Å². The first-order valence-corrected chi connectivity index (χ1v) is 19.6. The van der Waals surface area contributed by atoms with Gasteiger partial charge in [-0.05, 0) is 49.9 Å². The summed E-state index contributed by atoms with van der Waals surface area (Å²) in [5.41, 5.74) is 1.85. The van der Waals surface area contributed by atoms with Gasteiger partial charge in [0.15, 0.2) is 0 Å². The van der Waals surface area contributed by atoms with Gasteiger partial charge in [-0.15, -0.1) is 0 Å². The summed E-state index contributed by atoms with van der Waals surface area (Å²) in [4.78, 5) is 30.9. The van der Waals surface area contributed by atoms with Crippen LogP contribution >= 0.6 is 0 Å². The zero-order valence-electron chi connectivity index (χ0n) is 29.0. The molecule has 0 saturated carbocycles. The van der Waals surface area contributed by atoms with Crippen LogP contribution in [0.1, 0.15) is 51.7 Å². The minimum absolute atomic E-state index is 0.0900. The molecule has 0 bridgehead atoms. The van der Waals surface area contributed by atoms with Crippen molar-refractivity contribution in [2.24, 2.45) is 11.8 Å². The highest BCUT2D eigenvalue weighted by Gasteiger charge is 2.34. The molecule has 3 rings (SSSR count). The molecular formula is C34H52N4O8S2. The fourth-order valence-electron chi connectivity index (χ4n) is 5.16. The Morgan fingerprint density at radius 2 is 0.917 bits per heavy atom. The lowest BCUT2D eigenvalue weighted by Crippen LogP contribution is -2.54. The van der Waals surface area contributed by atoms with Crippen molar-refractivity contribution in [3.63, 3.8) is 0 Å².